The van der Waals surface area contributed by atoms with E-state index in [-0.39, 0.29) is 10.6 Å². The highest BCUT2D eigenvalue weighted by atomic mass is 35.5. The molecule has 2 aromatic rings. The minimum Gasteiger partial charge on any atom is -0.487 e. The SMILES string of the molecule is [N-]=[N+]=CC(=O)c1cccc(OCc2ccccc2)c1Cl. The molecule has 0 saturated carbocycles. The number of rotatable bonds is 5. The molecular weight excluding hydrogens is 276 g/mol. The molecule has 100 valence electrons. The van der Waals surface area contributed by atoms with E-state index < -0.39 is 5.78 Å². The molecule has 0 amide bonds. The average molecular weight is 287 g/mol. The van der Waals surface area contributed by atoms with Crippen molar-refractivity contribution >= 4 is 23.6 Å². The number of hydrogen-bond donors (Lipinski definition) is 0. The van der Waals surface area contributed by atoms with E-state index in [4.69, 9.17) is 21.9 Å². The third kappa shape index (κ3) is 3.32. The number of ketones is 1. The van der Waals surface area contributed by atoms with Gasteiger partial charge < -0.3 is 10.3 Å². The van der Waals surface area contributed by atoms with Crippen molar-refractivity contribution in [3.05, 3.63) is 70.2 Å². The molecule has 0 aliphatic rings. The predicted octanol–water partition coefficient (Wildman–Crippen LogP) is 3.40. The van der Waals surface area contributed by atoms with Gasteiger partial charge >= 0.3 is 6.21 Å². The molecule has 20 heavy (non-hydrogen) atoms. The van der Waals surface area contributed by atoms with Crippen LogP contribution in [0.15, 0.2) is 48.5 Å². The van der Waals surface area contributed by atoms with Crippen molar-refractivity contribution in [1.29, 1.82) is 0 Å². The first-order valence-electron chi connectivity index (χ1n) is 5.89. The molecule has 0 radical (unpaired) electrons. The van der Waals surface area contributed by atoms with Crippen molar-refractivity contribution in [2.45, 2.75) is 6.61 Å². The van der Waals surface area contributed by atoms with Crippen molar-refractivity contribution in [3.63, 3.8) is 0 Å². The third-order valence-corrected chi connectivity index (χ3v) is 3.03. The van der Waals surface area contributed by atoms with Crippen LogP contribution in [0.25, 0.3) is 5.53 Å². The summed E-state index contributed by atoms with van der Waals surface area (Å²) in [7, 11) is 0. The van der Waals surface area contributed by atoms with E-state index in [1.54, 1.807) is 18.2 Å². The van der Waals surface area contributed by atoms with E-state index in [9.17, 15) is 4.79 Å². The van der Waals surface area contributed by atoms with E-state index in [0.717, 1.165) is 11.8 Å². The van der Waals surface area contributed by atoms with Crippen LogP contribution in [-0.2, 0) is 6.61 Å². The monoisotopic (exact) mass is 286 g/mol. The van der Waals surface area contributed by atoms with Crippen LogP contribution >= 0.6 is 11.6 Å². The second kappa shape index (κ2) is 6.66. The summed E-state index contributed by atoms with van der Waals surface area (Å²) < 4.78 is 5.60. The first-order valence-corrected chi connectivity index (χ1v) is 6.27. The van der Waals surface area contributed by atoms with Crippen molar-refractivity contribution < 1.29 is 14.3 Å². The zero-order chi connectivity index (χ0) is 14.4. The Morgan fingerprint density at radius 1 is 1.20 bits per heavy atom. The van der Waals surface area contributed by atoms with Crippen LogP contribution in [0.1, 0.15) is 15.9 Å². The molecule has 0 aliphatic carbocycles. The molecule has 0 fully saturated rings. The van der Waals surface area contributed by atoms with Crippen LogP contribution in [0.3, 0.4) is 0 Å². The number of carbonyl (C=O) groups is 1. The molecule has 4 nitrogen and oxygen atoms in total. The maximum absolute atomic E-state index is 11.6. The summed E-state index contributed by atoms with van der Waals surface area (Å²) in [5.74, 6) is -0.0737. The van der Waals surface area contributed by atoms with Gasteiger partial charge in [-0.1, -0.05) is 48.0 Å². The van der Waals surface area contributed by atoms with E-state index in [2.05, 4.69) is 4.79 Å². The zero-order valence-corrected chi connectivity index (χ0v) is 11.2. The predicted molar refractivity (Wildman–Crippen MR) is 76.2 cm³/mol. The summed E-state index contributed by atoms with van der Waals surface area (Å²) in [6.45, 7) is 0.353. The van der Waals surface area contributed by atoms with Gasteiger partial charge in [-0.05, 0) is 17.7 Å². The zero-order valence-electron chi connectivity index (χ0n) is 10.5. The van der Waals surface area contributed by atoms with E-state index >= 15 is 0 Å². The fourth-order valence-corrected chi connectivity index (χ4v) is 1.94. The number of hydrogen-bond acceptors (Lipinski definition) is 2. The molecule has 0 spiro atoms. The van der Waals surface area contributed by atoms with Gasteiger partial charge in [0.05, 0.1) is 10.6 Å². The van der Waals surface area contributed by atoms with Gasteiger partial charge in [-0.2, -0.15) is 4.79 Å². The quantitative estimate of drug-likeness (QED) is 0.366. The fourth-order valence-electron chi connectivity index (χ4n) is 1.67. The van der Waals surface area contributed by atoms with Crippen molar-refractivity contribution in [2.75, 3.05) is 0 Å². The lowest BCUT2D eigenvalue weighted by atomic mass is 10.1. The van der Waals surface area contributed by atoms with Gasteiger partial charge in [0.15, 0.2) is 0 Å². The molecule has 0 saturated heterocycles. The van der Waals surface area contributed by atoms with Gasteiger partial charge in [-0.3, -0.25) is 4.79 Å². The Morgan fingerprint density at radius 3 is 2.65 bits per heavy atom. The smallest absolute Gasteiger partial charge is 0.328 e. The first kappa shape index (κ1) is 14.0. The van der Waals surface area contributed by atoms with Gasteiger partial charge in [-0.15, -0.1) is 0 Å². The van der Waals surface area contributed by atoms with E-state index in [1.807, 2.05) is 30.3 Å². The first-order chi connectivity index (χ1) is 9.72. The Kier molecular flexibility index (Phi) is 4.66. The molecule has 2 aromatic carbocycles. The average Bonchev–Trinajstić information content (AvgIpc) is 2.47. The molecule has 0 bridgehead atoms. The summed E-state index contributed by atoms with van der Waals surface area (Å²) in [5.41, 5.74) is 9.61. The number of nitrogens with zero attached hydrogens (tertiary/aromatic N) is 2. The highest BCUT2D eigenvalue weighted by molar-refractivity contribution is 6.42. The van der Waals surface area contributed by atoms with Crippen molar-refractivity contribution in [3.8, 4) is 5.75 Å². The minimum atomic E-state index is -0.484. The lowest BCUT2D eigenvalue weighted by Gasteiger charge is -2.09. The number of carbonyl (C=O) groups excluding carboxylic acids is 1. The number of Topliss-reactive ketones (excluding diaryl/α,β-unsaturated/α-hetero) is 1. The van der Waals surface area contributed by atoms with Gasteiger partial charge in [0, 0.05) is 0 Å². The van der Waals surface area contributed by atoms with Crippen LogP contribution in [0.5, 0.6) is 5.75 Å². The van der Waals surface area contributed by atoms with Crippen molar-refractivity contribution in [2.24, 2.45) is 0 Å². The highest BCUT2D eigenvalue weighted by Gasteiger charge is 2.15. The number of halogens is 1. The normalized spacial score (nSPS) is 9.65. The minimum absolute atomic E-state index is 0.202. The summed E-state index contributed by atoms with van der Waals surface area (Å²) in [6.07, 6.45) is 0.794. The molecule has 0 heterocycles. The number of benzene rings is 2. The van der Waals surface area contributed by atoms with Gasteiger partial charge in [0.1, 0.15) is 12.4 Å². The topological polar surface area (TPSA) is 62.7 Å². The largest absolute Gasteiger partial charge is 0.487 e. The van der Waals surface area contributed by atoms with Crippen LogP contribution in [0.2, 0.25) is 5.02 Å². The lowest BCUT2D eigenvalue weighted by Crippen LogP contribution is -2.04. The molecule has 0 aliphatic heterocycles. The van der Waals surface area contributed by atoms with Gasteiger partial charge in [-0.25, -0.2) is 0 Å². The Labute approximate surface area is 121 Å². The summed E-state index contributed by atoms with van der Waals surface area (Å²) >= 11 is 6.12. The van der Waals surface area contributed by atoms with Gasteiger partial charge in [0.25, 0.3) is 5.78 Å². The lowest BCUT2D eigenvalue weighted by molar-refractivity contribution is 0.00234. The van der Waals surface area contributed by atoms with E-state index in [1.165, 1.54) is 0 Å². The number of ether oxygens (including phenoxy) is 1. The molecule has 0 unspecified atom stereocenters. The van der Waals surface area contributed by atoms with Crippen molar-refractivity contribution in [1.82, 2.24) is 0 Å². The maximum atomic E-state index is 11.6. The highest BCUT2D eigenvalue weighted by Crippen LogP contribution is 2.28. The molecule has 0 aromatic heterocycles. The second-order valence-electron chi connectivity index (χ2n) is 4.00. The van der Waals surface area contributed by atoms with Crippen LogP contribution < -0.4 is 4.74 Å². The third-order valence-electron chi connectivity index (χ3n) is 2.64. The molecule has 2 rings (SSSR count). The summed E-state index contributed by atoms with van der Waals surface area (Å²) in [5, 5.41) is 0.202. The second-order valence-corrected chi connectivity index (χ2v) is 4.38. The fraction of sp³-hybridized carbons (Fsp3) is 0.0667. The Balaban J connectivity index is 2.19. The Hall–Kier alpha value is -2.42. The standard InChI is InChI=1S/C15H11ClN2O2/c16-15-12(13(19)9-18-17)7-4-8-14(15)20-10-11-5-2-1-3-6-11/h1-9H,10H2. The van der Waals surface area contributed by atoms with Crippen LogP contribution in [0.4, 0.5) is 0 Å². The Bertz CT molecular complexity index is 665. The van der Waals surface area contributed by atoms with E-state index in [0.29, 0.717) is 12.4 Å². The molecule has 0 atom stereocenters. The molecule has 0 N–H and O–H groups in total. The summed E-state index contributed by atoms with van der Waals surface area (Å²) in [6, 6.07) is 14.5. The molecular formula is C15H11ClN2O2. The van der Waals surface area contributed by atoms with Crippen LogP contribution in [-0.4, -0.2) is 16.8 Å². The van der Waals surface area contributed by atoms with Gasteiger partial charge in [0.2, 0.25) is 0 Å². The van der Waals surface area contributed by atoms with Crippen LogP contribution in [0, 0.1) is 0 Å². The maximum Gasteiger partial charge on any atom is 0.328 e. The molecule has 5 heteroatoms. The Morgan fingerprint density at radius 2 is 1.95 bits per heavy atom. The summed E-state index contributed by atoms with van der Waals surface area (Å²) in [4.78, 5) is 14.3.